The number of benzene rings is 1. The van der Waals surface area contributed by atoms with Crippen molar-refractivity contribution < 1.29 is 0 Å². The molecule has 1 aromatic rings. The Kier molecular flexibility index (Phi) is 4.87. The lowest BCUT2D eigenvalue weighted by atomic mass is 9.90. The molecule has 1 rings (SSSR count). The fourth-order valence-corrected chi connectivity index (χ4v) is 2.33. The largest absolute Gasteiger partial charge is 0.0654 e. The maximum Gasteiger partial charge on any atom is -0.0274 e. The van der Waals surface area contributed by atoms with Gasteiger partial charge in [-0.3, -0.25) is 0 Å². The Labute approximate surface area is 94.7 Å². The number of unbranched alkanes of at least 4 members (excludes halogenated alkanes) is 1. The van der Waals surface area contributed by atoms with Crippen LogP contribution in [0.3, 0.4) is 0 Å². The van der Waals surface area contributed by atoms with Crippen LogP contribution in [0.1, 0.15) is 55.9 Å². The summed E-state index contributed by atoms with van der Waals surface area (Å²) in [4.78, 5) is 0. The van der Waals surface area contributed by atoms with Crippen molar-refractivity contribution in [3.05, 3.63) is 34.4 Å². The third-order valence-corrected chi connectivity index (χ3v) is 3.28. The normalized spacial score (nSPS) is 10.7. The van der Waals surface area contributed by atoms with Gasteiger partial charge in [0.05, 0.1) is 0 Å². The molecule has 0 nitrogen and oxygen atoms in total. The molecule has 84 valence electrons. The van der Waals surface area contributed by atoms with Crippen LogP contribution in [0.25, 0.3) is 0 Å². The number of aryl methyl sites for hydroxylation is 2. The van der Waals surface area contributed by atoms with Crippen molar-refractivity contribution in [3.63, 3.8) is 0 Å². The fourth-order valence-electron chi connectivity index (χ4n) is 2.33. The van der Waals surface area contributed by atoms with Gasteiger partial charge in [0.2, 0.25) is 0 Å². The first-order valence-electron chi connectivity index (χ1n) is 6.34. The van der Waals surface area contributed by atoms with Crippen molar-refractivity contribution in [1.29, 1.82) is 0 Å². The zero-order chi connectivity index (χ0) is 11.3. The molecule has 0 radical (unpaired) electrons. The Morgan fingerprint density at radius 3 is 2.20 bits per heavy atom. The maximum atomic E-state index is 2.31. The second-order valence-electron chi connectivity index (χ2n) is 4.31. The van der Waals surface area contributed by atoms with Crippen LogP contribution in [0.4, 0.5) is 0 Å². The van der Waals surface area contributed by atoms with Crippen LogP contribution in [0.5, 0.6) is 0 Å². The molecule has 0 unspecified atom stereocenters. The molecule has 0 saturated heterocycles. The molecule has 0 heterocycles. The van der Waals surface area contributed by atoms with Gasteiger partial charge < -0.3 is 0 Å². The second kappa shape index (κ2) is 5.95. The van der Waals surface area contributed by atoms with E-state index < -0.39 is 0 Å². The molecule has 0 aromatic heterocycles. The molecule has 1 aromatic carbocycles. The van der Waals surface area contributed by atoms with Crippen molar-refractivity contribution in [2.75, 3.05) is 0 Å². The smallest absolute Gasteiger partial charge is 0.0274 e. The van der Waals surface area contributed by atoms with E-state index in [9.17, 15) is 0 Å². The first-order chi connectivity index (χ1) is 7.24. The minimum absolute atomic E-state index is 1.17. The molecule has 0 aliphatic rings. The number of hydrogen-bond acceptors (Lipinski definition) is 0. The topological polar surface area (TPSA) is 0 Å². The average molecular weight is 204 g/mol. The maximum absolute atomic E-state index is 2.31. The van der Waals surface area contributed by atoms with Crippen LogP contribution in [0, 0.1) is 6.92 Å². The predicted molar refractivity (Wildman–Crippen MR) is 68.5 cm³/mol. The predicted octanol–water partition coefficient (Wildman–Crippen LogP) is 4.46. The molecule has 15 heavy (non-hydrogen) atoms. The summed E-state index contributed by atoms with van der Waals surface area (Å²) in [6, 6.07) is 4.60. The van der Waals surface area contributed by atoms with Gasteiger partial charge in [-0.2, -0.15) is 0 Å². The lowest BCUT2D eigenvalue weighted by Gasteiger charge is -2.15. The minimum atomic E-state index is 1.17. The van der Waals surface area contributed by atoms with E-state index in [0.29, 0.717) is 0 Å². The molecule has 0 fully saturated rings. The highest BCUT2D eigenvalue weighted by atomic mass is 14.1. The molecule has 0 heteroatoms. The Balaban J connectivity index is 3.07. The Hall–Kier alpha value is -0.780. The van der Waals surface area contributed by atoms with E-state index >= 15 is 0 Å². The van der Waals surface area contributed by atoms with E-state index in [4.69, 9.17) is 0 Å². The lowest BCUT2D eigenvalue weighted by molar-refractivity contribution is 0.779. The molecular formula is C15H24. The van der Waals surface area contributed by atoms with Gasteiger partial charge in [0.15, 0.2) is 0 Å². The molecule has 0 bridgehead atoms. The molecule has 0 atom stereocenters. The summed E-state index contributed by atoms with van der Waals surface area (Å²) in [5.41, 5.74) is 6.27. The summed E-state index contributed by atoms with van der Waals surface area (Å²) in [5.74, 6) is 0. The highest BCUT2D eigenvalue weighted by Crippen LogP contribution is 2.22. The van der Waals surface area contributed by atoms with Crippen molar-refractivity contribution in [2.24, 2.45) is 0 Å². The zero-order valence-corrected chi connectivity index (χ0v) is 10.7. The quantitative estimate of drug-likeness (QED) is 0.664. The van der Waals surface area contributed by atoms with Crippen LogP contribution in [-0.2, 0) is 19.3 Å². The van der Waals surface area contributed by atoms with Crippen LogP contribution in [-0.4, -0.2) is 0 Å². The van der Waals surface area contributed by atoms with E-state index in [2.05, 4.69) is 39.8 Å². The van der Waals surface area contributed by atoms with Gasteiger partial charge in [-0.05, 0) is 54.9 Å². The van der Waals surface area contributed by atoms with E-state index in [0.717, 1.165) is 0 Å². The third kappa shape index (κ3) is 2.84. The monoisotopic (exact) mass is 204 g/mol. The molecule has 0 N–H and O–H groups in total. The average Bonchev–Trinajstić information content (AvgIpc) is 2.27. The van der Waals surface area contributed by atoms with Crippen LogP contribution < -0.4 is 0 Å². The lowest BCUT2D eigenvalue weighted by Crippen LogP contribution is -2.01. The van der Waals surface area contributed by atoms with Gasteiger partial charge in [0.1, 0.15) is 0 Å². The molecule has 0 amide bonds. The Morgan fingerprint density at radius 2 is 1.67 bits per heavy atom. The third-order valence-electron chi connectivity index (χ3n) is 3.28. The standard InChI is InChI=1S/C15H24/c1-5-8-9-15-12(4)10-11-13(6-2)14(15)7-3/h10-11H,5-9H2,1-4H3. The van der Waals surface area contributed by atoms with Crippen molar-refractivity contribution in [1.82, 2.24) is 0 Å². The van der Waals surface area contributed by atoms with Gasteiger partial charge >= 0.3 is 0 Å². The molecule has 0 aliphatic heterocycles. The van der Waals surface area contributed by atoms with E-state index in [1.54, 1.807) is 16.7 Å². The molecule has 0 spiro atoms. The fraction of sp³-hybridized carbons (Fsp3) is 0.600. The summed E-state index contributed by atoms with van der Waals surface area (Å²) >= 11 is 0. The highest BCUT2D eigenvalue weighted by Gasteiger charge is 2.07. The van der Waals surface area contributed by atoms with Crippen molar-refractivity contribution in [3.8, 4) is 0 Å². The van der Waals surface area contributed by atoms with E-state index in [1.807, 2.05) is 0 Å². The van der Waals surface area contributed by atoms with E-state index in [-0.39, 0.29) is 0 Å². The van der Waals surface area contributed by atoms with Crippen molar-refractivity contribution >= 4 is 0 Å². The molecule has 0 aliphatic carbocycles. The summed E-state index contributed by atoms with van der Waals surface area (Å²) < 4.78 is 0. The molecular weight excluding hydrogens is 180 g/mol. The number of hydrogen-bond donors (Lipinski definition) is 0. The van der Waals surface area contributed by atoms with Gasteiger partial charge in [-0.1, -0.05) is 39.3 Å². The highest BCUT2D eigenvalue weighted by molar-refractivity contribution is 5.40. The minimum Gasteiger partial charge on any atom is -0.0654 e. The Morgan fingerprint density at radius 1 is 0.933 bits per heavy atom. The SMILES string of the molecule is CCCCc1c(C)ccc(CC)c1CC. The van der Waals surface area contributed by atoms with Gasteiger partial charge in [-0.15, -0.1) is 0 Å². The zero-order valence-electron chi connectivity index (χ0n) is 10.7. The van der Waals surface area contributed by atoms with Gasteiger partial charge in [-0.25, -0.2) is 0 Å². The van der Waals surface area contributed by atoms with Gasteiger partial charge in [0.25, 0.3) is 0 Å². The summed E-state index contributed by atoms with van der Waals surface area (Å²) in [6.45, 7) is 9.06. The molecule has 0 saturated carbocycles. The van der Waals surface area contributed by atoms with Gasteiger partial charge in [0, 0.05) is 0 Å². The summed E-state index contributed by atoms with van der Waals surface area (Å²) in [6.07, 6.45) is 6.23. The first-order valence-corrected chi connectivity index (χ1v) is 6.34. The second-order valence-corrected chi connectivity index (χ2v) is 4.31. The van der Waals surface area contributed by atoms with E-state index in [1.165, 1.54) is 37.7 Å². The number of rotatable bonds is 5. The van der Waals surface area contributed by atoms with Crippen LogP contribution >= 0.6 is 0 Å². The first kappa shape index (κ1) is 12.3. The summed E-state index contributed by atoms with van der Waals surface area (Å²) in [7, 11) is 0. The Bertz CT molecular complexity index is 310. The van der Waals surface area contributed by atoms with Crippen LogP contribution in [0.2, 0.25) is 0 Å². The van der Waals surface area contributed by atoms with Crippen LogP contribution in [0.15, 0.2) is 12.1 Å². The van der Waals surface area contributed by atoms with Crippen molar-refractivity contribution in [2.45, 2.75) is 59.8 Å². The summed E-state index contributed by atoms with van der Waals surface area (Å²) in [5, 5.41) is 0.